The van der Waals surface area contributed by atoms with Crippen LogP contribution in [0.3, 0.4) is 0 Å². The van der Waals surface area contributed by atoms with E-state index in [-0.39, 0.29) is 5.41 Å². The lowest BCUT2D eigenvalue weighted by Crippen LogP contribution is -2.38. The Morgan fingerprint density at radius 1 is 1.03 bits per heavy atom. The number of fused-ring (bicyclic) bond motifs is 4. The van der Waals surface area contributed by atoms with Crippen LogP contribution in [-0.4, -0.2) is 34.1 Å². The fourth-order valence-corrected chi connectivity index (χ4v) is 5.26. The molecule has 3 aliphatic heterocycles. The van der Waals surface area contributed by atoms with Gasteiger partial charge in [0.25, 0.3) is 0 Å². The molecule has 5 heterocycles. The third-order valence-electron chi connectivity index (χ3n) is 6.25. The van der Waals surface area contributed by atoms with Crippen LogP contribution >= 0.6 is 11.8 Å². The molecule has 3 aliphatic rings. The Kier molecular flexibility index (Phi) is 4.51. The molecule has 3 aromatic rings. The molecular weight excluding hydrogens is 432 g/mol. The Balaban J connectivity index is 1.48. The number of hydrogen-bond donors (Lipinski definition) is 1. The van der Waals surface area contributed by atoms with Crippen molar-refractivity contribution in [1.29, 1.82) is 0 Å². The smallest absolute Gasteiger partial charge is 0.225 e. The number of amidine groups is 1. The van der Waals surface area contributed by atoms with Gasteiger partial charge in [0.1, 0.15) is 11.3 Å². The first-order valence-corrected chi connectivity index (χ1v) is 11.8. The minimum Gasteiger partial charge on any atom is -0.438 e. The van der Waals surface area contributed by atoms with Gasteiger partial charge >= 0.3 is 0 Å². The van der Waals surface area contributed by atoms with Crippen molar-refractivity contribution in [1.82, 2.24) is 9.97 Å². The van der Waals surface area contributed by atoms with E-state index in [0.29, 0.717) is 30.0 Å². The maximum atomic E-state index is 6.23. The second kappa shape index (κ2) is 7.34. The second-order valence-corrected chi connectivity index (χ2v) is 9.98. The summed E-state index contributed by atoms with van der Waals surface area (Å²) in [7, 11) is 0. The van der Waals surface area contributed by atoms with Crippen LogP contribution in [-0.2, 0) is 10.3 Å². The van der Waals surface area contributed by atoms with Crippen molar-refractivity contribution >= 4 is 16.9 Å². The van der Waals surface area contributed by atoms with Crippen LogP contribution in [0.1, 0.15) is 29.3 Å². The molecule has 1 fully saturated rings. The fourth-order valence-electron chi connectivity index (χ4n) is 4.31. The van der Waals surface area contributed by atoms with Crippen molar-refractivity contribution < 1.29 is 9.47 Å². The first-order valence-electron chi connectivity index (χ1n) is 10.8. The summed E-state index contributed by atoms with van der Waals surface area (Å²) in [5.74, 6) is 8.66. The lowest BCUT2D eigenvalue weighted by Gasteiger charge is -2.34. The fraction of sp³-hybridized carbons (Fsp3) is 0.269. The minimum absolute atomic E-state index is 0.0800. The van der Waals surface area contributed by atoms with Crippen molar-refractivity contribution in [2.45, 2.75) is 19.4 Å². The molecule has 7 heteroatoms. The molecule has 1 spiro atoms. The molecule has 6 rings (SSSR count). The molecule has 2 aromatic heterocycles. The quantitative estimate of drug-likeness (QED) is 0.554. The van der Waals surface area contributed by atoms with Crippen molar-refractivity contribution in [2.75, 3.05) is 19.0 Å². The second-order valence-electron chi connectivity index (χ2n) is 8.98. The highest BCUT2D eigenvalue weighted by molar-refractivity contribution is 8.14. The van der Waals surface area contributed by atoms with Crippen LogP contribution in [0.2, 0.25) is 0 Å². The van der Waals surface area contributed by atoms with Gasteiger partial charge in [-0.2, -0.15) is 0 Å². The van der Waals surface area contributed by atoms with Gasteiger partial charge in [0.05, 0.1) is 18.6 Å². The number of thioether (sulfide) groups is 1. The van der Waals surface area contributed by atoms with Crippen LogP contribution in [0.25, 0.3) is 11.1 Å². The molecule has 2 N–H and O–H groups in total. The van der Waals surface area contributed by atoms with Crippen LogP contribution < -0.4 is 10.5 Å². The molecule has 1 saturated heterocycles. The average molecular weight is 455 g/mol. The Hall–Kier alpha value is -3.34. The summed E-state index contributed by atoms with van der Waals surface area (Å²) in [6.45, 7) is 5.44. The predicted octanol–water partition coefficient (Wildman–Crippen LogP) is 4.25. The molecule has 0 aliphatic carbocycles. The molecule has 6 nitrogen and oxygen atoms in total. The van der Waals surface area contributed by atoms with E-state index in [0.717, 1.165) is 39.3 Å². The molecular formula is C26H22N4O2S. The third-order valence-corrected chi connectivity index (χ3v) is 7.20. The van der Waals surface area contributed by atoms with Crippen LogP contribution in [0.5, 0.6) is 11.6 Å². The number of aryl methyl sites for hydroxylation is 1. The van der Waals surface area contributed by atoms with E-state index in [1.54, 1.807) is 11.8 Å². The maximum Gasteiger partial charge on any atom is 0.225 e. The summed E-state index contributed by atoms with van der Waals surface area (Å²) in [6, 6.07) is 12.2. The minimum atomic E-state index is -0.667. The molecule has 1 atom stereocenters. The topological polar surface area (TPSA) is 82.6 Å². The number of aliphatic imine (C=N–C) groups is 1. The van der Waals surface area contributed by atoms with E-state index in [2.05, 4.69) is 46.9 Å². The van der Waals surface area contributed by atoms with Gasteiger partial charge in [-0.1, -0.05) is 29.7 Å². The molecule has 0 bridgehead atoms. The van der Waals surface area contributed by atoms with Gasteiger partial charge in [-0.05, 0) is 44.2 Å². The monoisotopic (exact) mass is 454 g/mol. The van der Waals surface area contributed by atoms with Gasteiger partial charge in [-0.15, -0.1) is 0 Å². The summed E-state index contributed by atoms with van der Waals surface area (Å²) in [6.07, 6.45) is 3.68. The first kappa shape index (κ1) is 20.3. The zero-order valence-electron chi connectivity index (χ0n) is 18.4. The largest absolute Gasteiger partial charge is 0.438 e. The number of benzene rings is 1. The number of nitrogens with zero attached hydrogens (tertiary/aromatic N) is 3. The predicted molar refractivity (Wildman–Crippen MR) is 129 cm³/mol. The van der Waals surface area contributed by atoms with Gasteiger partial charge in [-0.3, -0.25) is 4.98 Å². The Bertz CT molecular complexity index is 1370. The van der Waals surface area contributed by atoms with E-state index in [1.165, 1.54) is 0 Å². The lowest BCUT2D eigenvalue weighted by atomic mass is 9.81. The van der Waals surface area contributed by atoms with Crippen molar-refractivity contribution in [2.24, 2.45) is 16.1 Å². The Morgan fingerprint density at radius 2 is 1.88 bits per heavy atom. The number of ether oxygens (including phenoxy) is 2. The highest BCUT2D eigenvalue weighted by Gasteiger charge is 2.46. The molecule has 0 unspecified atom stereocenters. The summed E-state index contributed by atoms with van der Waals surface area (Å²) in [5.41, 5.74) is 11.2. The van der Waals surface area contributed by atoms with Crippen molar-refractivity contribution in [3.05, 3.63) is 71.2 Å². The zero-order valence-corrected chi connectivity index (χ0v) is 19.2. The normalized spacial score (nSPS) is 21.7. The molecule has 1 aromatic carbocycles. The number of hydrogen-bond acceptors (Lipinski definition) is 7. The SMILES string of the molecule is Cc1ccc(-c2cnc3c(c2)[C@]2(CSC(N)=N2)c2cc(C#CC4(C)COC4)ccc2O3)cn1. The van der Waals surface area contributed by atoms with Gasteiger partial charge < -0.3 is 15.2 Å². The number of aromatic nitrogens is 2. The Labute approximate surface area is 196 Å². The maximum absolute atomic E-state index is 6.23. The van der Waals surface area contributed by atoms with E-state index in [4.69, 9.17) is 20.2 Å². The Morgan fingerprint density at radius 3 is 2.58 bits per heavy atom. The standard InChI is InChI=1S/C26H22N4O2S/c1-16-3-5-18(11-28-16)19-10-21-23(29-12-19)32-22-6-4-17(7-8-25(2)13-31-14-25)9-20(22)26(21)15-33-24(27)30-26/h3-6,9-12H,13-15H2,1-2H3,(H2,27,30)/t26-/m0/s1. The van der Waals surface area contributed by atoms with E-state index in [9.17, 15) is 0 Å². The van der Waals surface area contributed by atoms with Crippen molar-refractivity contribution in [3.63, 3.8) is 0 Å². The molecule has 0 saturated carbocycles. The highest BCUT2D eigenvalue weighted by atomic mass is 32.2. The summed E-state index contributed by atoms with van der Waals surface area (Å²) < 4.78 is 11.6. The summed E-state index contributed by atoms with van der Waals surface area (Å²) >= 11 is 1.55. The van der Waals surface area contributed by atoms with Gasteiger partial charge in [0.15, 0.2) is 5.17 Å². The zero-order chi connectivity index (χ0) is 22.6. The van der Waals surface area contributed by atoms with Crippen molar-refractivity contribution in [3.8, 4) is 34.6 Å². The van der Waals surface area contributed by atoms with E-state index in [1.807, 2.05) is 37.5 Å². The van der Waals surface area contributed by atoms with Gasteiger partial charge in [0.2, 0.25) is 5.88 Å². The molecule has 0 amide bonds. The first-order chi connectivity index (χ1) is 15.9. The highest BCUT2D eigenvalue weighted by Crippen LogP contribution is 2.53. The average Bonchev–Trinajstić information content (AvgIpc) is 3.19. The van der Waals surface area contributed by atoms with E-state index < -0.39 is 5.54 Å². The number of pyridine rings is 2. The molecule has 164 valence electrons. The number of nitrogens with two attached hydrogens (primary N) is 1. The van der Waals surface area contributed by atoms with Crippen LogP contribution in [0.15, 0.2) is 53.8 Å². The van der Waals surface area contributed by atoms with Crippen LogP contribution in [0, 0.1) is 24.2 Å². The molecule has 33 heavy (non-hydrogen) atoms. The van der Waals surface area contributed by atoms with Gasteiger partial charge in [-0.25, -0.2) is 9.98 Å². The van der Waals surface area contributed by atoms with E-state index >= 15 is 0 Å². The summed E-state index contributed by atoms with van der Waals surface area (Å²) in [5, 5.41) is 0.562. The third kappa shape index (κ3) is 3.38. The number of rotatable bonds is 1. The lowest BCUT2D eigenvalue weighted by molar-refractivity contribution is -0.0648. The van der Waals surface area contributed by atoms with Crippen LogP contribution in [0.4, 0.5) is 0 Å². The van der Waals surface area contributed by atoms with Gasteiger partial charge in [0, 0.05) is 51.7 Å². The summed E-state index contributed by atoms with van der Waals surface area (Å²) in [4.78, 5) is 14.0. The molecule has 0 radical (unpaired) electrons.